The molecule has 2 aromatic carbocycles. The Balaban J connectivity index is 1.89. The lowest BCUT2D eigenvalue weighted by atomic mass is 10.1. The molecule has 0 fully saturated rings. The third kappa shape index (κ3) is 4.76. The zero-order valence-electron chi connectivity index (χ0n) is 21.9. The molecule has 0 unspecified atom stereocenters. The molecule has 13 heteroatoms. The maximum absolute atomic E-state index is 14.8. The van der Waals surface area contributed by atoms with Crippen LogP contribution >= 0.6 is 22.7 Å². The van der Waals surface area contributed by atoms with Gasteiger partial charge in [-0.15, -0.1) is 22.7 Å². The van der Waals surface area contributed by atoms with Crippen molar-refractivity contribution in [3.63, 3.8) is 0 Å². The Morgan fingerprint density at radius 2 is 1.65 bits per heavy atom. The van der Waals surface area contributed by atoms with E-state index in [0.717, 1.165) is 32.9 Å². The molecule has 0 aliphatic heterocycles. The van der Waals surface area contributed by atoms with Gasteiger partial charge in [-0.25, -0.2) is 23.1 Å². The van der Waals surface area contributed by atoms with E-state index >= 15 is 0 Å². The van der Waals surface area contributed by atoms with E-state index in [1.807, 2.05) is 25.9 Å². The zero-order chi connectivity index (χ0) is 28.9. The predicted octanol–water partition coefficient (Wildman–Crippen LogP) is 5.25. The van der Waals surface area contributed by atoms with Gasteiger partial charge in [0.2, 0.25) is 5.13 Å². The molecule has 0 aliphatic rings. The summed E-state index contributed by atoms with van der Waals surface area (Å²) < 4.78 is 31.7. The standard InChI is InChI=1S/C27H23F2N5O4S2/c1-14-15(2)39-26(30-14)33-24(35)22-19(12-31(3)4)23(16-8-10-17(11-9-16)34(37)38)40-25(22)32(27(33)36)13-18-20(28)6-5-7-21(18)29/h5-11H,12-13H2,1-4H3. The maximum atomic E-state index is 14.8. The van der Waals surface area contributed by atoms with Crippen molar-refractivity contribution in [2.75, 3.05) is 14.1 Å². The molecular formula is C27H23F2N5O4S2. The van der Waals surface area contributed by atoms with Crippen molar-refractivity contribution in [1.29, 1.82) is 0 Å². The summed E-state index contributed by atoms with van der Waals surface area (Å²) in [5.74, 6) is -1.64. The monoisotopic (exact) mass is 583 g/mol. The Morgan fingerprint density at radius 1 is 1.00 bits per heavy atom. The van der Waals surface area contributed by atoms with Crippen LogP contribution in [0.3, 0.4) is 0 Å². The lowest BCUT2D eigenvalue weighted by Gasteiger charge is -2.14. The molecule has 0 radical (unpaired) electrons. The smallest absolute Gasteiger partial charge is 0.305 e. The van der Waals surface area contributed by atoms with Crippen LogP contribution in [0.2, 0.25) is 0 Å². The number of nitro groups is 1. The molecule has 0 spiro atoms. The van der Waals surface area contributed by atoms with Gasteiger partial charge in [-0.1, -0.05) is 6.07 Å². The van der Waals surface area contributed by atoms with Gasteiger partial charge >= 0.3 is 5.69 Å². The summed E-state index contributed by atoms with van der Waals surface area (Å²) in [6.07, 6.45) is 0. The number of halogens is 2. The van der Waals surface area contributed by atoms with Crippen LogP contribution in [-0.2, 0) is 13.1 Å². The molecule has 5 rings (SSSR count). The molecule has 0 atom stereocenters. The minimum absolute atomic E-state index is 0.0946. The van der Waals surface area contributed by atoms with E-state index in [0.29, 0.717) is 28.2 Å². The molecular weight excluding hydrogens is 560 g/mol. The molecule has 40 heavy (non-hydrogen) atoms. The van der Waals surface area contributed by atoms with Crippen molar-refractivity contribution in [3.05, 3.63) is 107 Å². The van der Waals surface area contributed by atoms with Gasteiger partial charge in [0, 0.05) is 34.0 Å². The largest absolute Gasteiger partial charge is 0.338 e. The number of thiophene rings is 1. The zero-order valence-corrected chi connectivity index (χ0v) is 23.5. The average Bonchev–Trinajstić information content (AvgIpc) is 3.42. The number of aryl methyl sites for hydroxylation is 2. The van der Waals surface area contributed by atoms with Crippen LogP contribution in [0.5, 0.6) is 0 Å². The summed E-state index contributed by atoms with van der Waals surface area (Å²) in [6.45, 7) is 3.42. The Hall–Kier alpha value is -4.07. The number of fused-ring (bicyclic) bond motifs is 1. The number of hydrogen-bond acceptors (Lipinski definition) is 8. The summed E-state index contributed by atoms with van der Waals surface area (Å²) in [5, 5.41) is 11.6. The summed E-state index contributed by atoms with van der Waals surface area (Å²) in [7, 11) is 3.64. The molecule has 0 aliphatic carbocycles. The van der Waals surface area contributed by atoms with Crippen LogP contribution in [0.4, 0.5) is 14.5 Å². The first-order valence-electron chi connectivity index (χ1n) is 12.1. The van der Waals surface area contributed by atoms with Crippen molar-refractivity contribution < 1.29 is 13.7 Å². The molecule has 0 saturated carbocycles. The van der Waals surface area contributed by atoms with Crippen LogP contribution < -0.4 is 11.2 Å². The third-order valence-electron chi connectivity index (χ3n) is 6.47. The molecule has 3 aromatic heterocycles. The van der Waals surface area contributed by atoms with Gasteiger partial charge in [-0.05, 0) is 63.3 Å². The number of thiazole rings is 1. The van der Waals surface area contributed by atoms with E-state index in [2.05, 4.69) is 4.98 Å². The van der Waals surface area contributed by atoms with Crippen LogP contribution in [0, 0.1) is 35.6 Å². The summed E-state index contributed by atoms with van der Waals surface area (Å²) in [5.41, 5.74) is 0.0624. The number of non-ortho nitro benzene ring substituents is 1. The van der Waals surface area contributed by atoms with E-state index in [-0.39, 0.29) is 26.6 Å². The van der Waals surface area contributed by atoms with E-state index in [9.17, 15) is 28.5 Å². The number of nitrogens with zero attached hydrogens (tertiary/aromatic N) is 5. The van der Waals surface area contributed by atoms with Gasteiger partial charge < -0.3 is 4.90 Å². The maximum Gasteiger partial charge on any atom is 0.338 e. The SMILES string of the molecule is Cc1nc(-n2c(=O)c3c(CN(C)C)c(-c4ccc([N+](=O)[O-])cc4)sc3n(Cc3c(F)cccc3F)c2=O)sc1C. The van der Waals surface area contributed by atoms with Crippen molar-refractivity contribution in [1.82, 2.24) is 19.0 Å². The van der Waals surface area contributed by atoms with Crippen LogP contribution in [0.15, 0.2) is 52.1 Å². The second kappa shape index (κ2) is 10.5. The Labute approximate surface area is 234 Å². The lowest BCUT2D eigenvalue weighted by Crippen LogP contribution is -2.39. The first kappa shape index (κ1) is 27.5. The van der Waals surface area contributed by atoms with E-state index < -0.39 is 34.4 Å². The van der Waals surface area contributed by atoms with Crippen LogP contribution in [-0.4, -0.2) is 38.0 Å². The normalized spacial score (nSPS) is 11.6. The fourth-order valence-corrected chi connectivity index (χ4v) is 6.61. The predicted molar refractivity (Wildman–Crippen MR) is 152 cm³/mol. The third-order valence-corrected chi connectivity index (χ3v) is 8.84. The molecule has 0 amide bonds. The minimum Gasteiger partial charge on any atom is -0.305 e. The first-order valence-corrected chi connectivity index (χ1v) is 13.7. The molecule has 3 heterocycles. The Bertz CT molecular complexity index is 1870. The lowest BCUT2D eigenvalue weighted by molar-refractivity contribution is -0.384. The second-order valence-corrected chi connectivity index (χ2v) is 11.7. The fourth-order valence-electron chi connectivity index (χ4n) is 4.40. The van der Waals surface area contributed by atoms with Crippen molar-refractivity contribution in [2.24, 2.45) is 0 Å². The van der Waals surface area contributed by atoms with Gasteiger partial charge in [0.1, 0.15) is 16.5 Å². The molecule has 206 valence electrons. The first-order chi connectivity index (χ1) is 19.0. The quantitative estimate of drug-likeness (QED) is 0.192. The summed E-state index contributed by atoms with van der Waals surface area (Å²) in [4.78, 5) is 46.6. The topological polar surface area (TPSA) is 103 Å². The summed E-state index contributed by atoms with van der Waals surface area (Å²) in [6, 6.07) is 9.33. The van der Waals surface area contributed by atoms with Crippen LogP contribution in [0.25, 0.3) is 25.8 Å². The number of benzene rings is 2. The highest BCUT2D eigenvalue weighted by Crippen LogP contribution is 2.38. The second-order valence-electron chi connectivity index (χ2n) is 9.48. The van der Waals surface area contributed by atoms with E-state index in [1.54, 1.807) is 19.1 Å². The van der Waals surface area contributed by atoms with Crippen molar-refractivity contribution in [3.8, 4) is 15.6 Å². The average molecular weight is 584 g/mol. The Kier molecular flexibility index (Phi) is 7.21. The van der Waals surface area contributed by atoms with Gasteiger partial charge in [-0.3, -0.25) is 19.5 Å². The van der Waals surface area contributed by atoms with Gasteiger partial charge in [0.25, 0.3) is 11.2 Å². The van der Waals surface area contributed by atoms with Gasteiger partial charge in [0.05, 0.1) is 22.5 Å². The van der Waals surface area contributed by atoms with Gasteiger partial charge in [0.15, 0.2) is 0 Å². The highest BCUT2D eigenvalue weighted by molar-refractivity contribution is 7.22. The molecule has 0 N–H and O–H groups in total. The number of aromatic nitrogens is 3. The molecule has 9 nitrogen and oxygen atoms in total. The molecule has 0 bridgehead atoms. The molecule has 0 saturated heterocycles. The number of hydrogen-bond donors (Lipinski definition) is 0. The van der Waals surface area contributed by atoms with Crippen molar-refractivity contribution in [2.45, 2.75) is 26.9 Å². The van der Waals surface area contributed by atoms with Crippen molar-refractivity contribution >= 4 is 38.6 Å². The van der Waals surface area contributed by atoms with E-state index in [1.165, 1.54) is 34.1 Å². The number of nitro benzene ring substituents is 1. The van der Waals surface area contributed by atoms with Gasteiger partial charge in [-0.2, -0.15) is 0 Å². The highest BCUT2D eigenvalue weighted by Gasteiger charge is 2.26. The minimum atomic E-state index is -0.820. The Morgan fingerprint density at radius 3 is 2.20 bits per heavy atom. The highest BCUT2D eigenvalue weighted by atomic mass is 32.1. The fraction of sp³-hybridized carbons (Fsp3) is 0.222. The van der Waals surface area contributed by atoms with E-state index in [4.69, 9.17) is 0 Å². The number of rotatable bonds is 7. The summed E-state index contributed by atoms with van der Waals surface area (Å²) >= 11 is 2.30. The molecule has 5 aromatic rings. The van der Waals surface area contributed by atoms with Crippen LogP contribution in [0.1, 0.15) is 21.7 Å².